The third-order valence-corrected chi connectivity index (χ3v) is 5.64. The first-order chi connectivity index (χ1) is 9.31. The molecule has 0 spiro atoms. The molecule has 112 valence electrons. The fraction of sp³-hybridized carbons (Fsp3) is 0.538. The van der Waals surface area contributed by atoms with Crippen LogP contribution in [-0.4, -0.2) is 26.2 Å². The molecule has 1 fully saturated rings. The Morgan fingerprint density at radius 1 is 1.45 bits per heavy atom. The molecule has 1 aliphatic carbocycles. The Hall–Kier alpha value is -0.820. The highest BCUT2D eigenvalue weighted by molar-refractivity contribution is 7.89. The van der Waals surface area contributed by atoms with E-state index in [0.717, 1.165) is 19.3 Å². The zero-order valence-corrected chi connectivity index (χ0v) is 12.8. The van der Waals surface area contributed by atoms with Crippen LogP contribution >= 0.6 is 11.6 Å². The van der Waals surface area contributed by atoms with Crippen molar-refractivity contribution >= 4 is 27.3 Å². The minimum Gasteiger partial charge on any atom is -0.397 e. The number of aliphatic hydroxyl groups excluding tert-OH is 1. The van der Waals surface area contributed by atoms with Crippen molar-refractivity contribution in [1.29, 1.82) is 0 Å². The van der Waals surface area contributed by atoms with Crippen LogP contribution in [0.5, 0.6) is 0 Å². The Kier molecular flexibility index (Phi) is 4.59. The van der Waals surface area contributed by atoms with Gasteiger partial charge in [-0.15, -0.1) is 0 Å². The molecular weight excluding hydrogens is 300 g/mol. The molecule has 1 saturated carbocycles. The van der Waals surface area contributed by atoms with E-state index >= 15 is 0 Å². The number of benzene rings is 1. The lowest BCUT2D eigenvalue weighted by Gasteiger charge is -2.16. The van der Waals surface area contributed by atoms with Crippen molar-refractivity contribution in [2.45, 2.75) is 37.2 Å². The van der Waals surface area contributed by atoms with Crippen molar-refractivity contribution in [3.8, 4) is 0 Å². The quantitative estimate of drug-likeness (QED) is 0.736. The summed E-state index contributed by atoms with van der Waals surface area (Å²) in [5.74, 6) is -0.0180. The Bertz CT molecular complexity index is 581. The van der Waals surface area contributed by atoms with Crippen molar-refractivity contribution in [2.75, 3.05) is 12.3 Å². The van der Waals surface area contributed by atoms with E-state index in [1.165, 1.54) is 12.1 Å². The number of nitrogen functional groups attached to an aromatic ring is 1. The van der Waals surface area contributed by atoms with Crippen molar-refractivity contribution < 1.29 is 13.5 Å². The number of aryl methyl sites for hydroxylation is 1. The van der Waals surface area contributed by atoms with Crippen LogP contribution in [0, 0.1) is 12.8 Å². The van der Waals surface area contributed by atoms with Crippen LogP contribution in [0.4, 0.5) is 5.69 Å². The van der Waals surface area contributed by atoms with Crippen molar-refractivity contribution in [2.24, 2.45) is 5.92 Å². The Balaban J connectivity index is 2.14. The van der Waals surface area contributed by atoms with E-state index in [9.17, 15) is 13.5 Å². The van der Waals surface area contributed by atoms with Crippen molar-refractivity contribution in [1.82, 2.24) is 4.72 Å². The number of aliphatic hydroxyl groups is 1. The van der Waals surface area contributed by atoms with Gasteiger partial charge >= 0.3 is 0 Å². The minimum atomic E-state index is -3.63. The topological polar surface area (TPSA) is 92.4 Å². The van der Waals surface area contributed by atoms with E-state index in [0.29, 0.717) is 10.6 Å². The number of rotatable bonds is 4. The molecule has 2 unspecified atom stereocenters. The summed E-state index contributed by atoms with van der Waals surface area (Å²) >= 11 is 5.93. The monoisotopic (exact) mass is 318 g/mol. The highest BCUT2D eigenvalue weighted by atomic mass is 35.5. The van der Waals surface area contributed by atoms with Gasteiger partial charge in [0, 0.05) is 6.54 Å². The average molecular weight is 319 g/mol. The lowest BCUT2D eigenvalue weighted by molar-refractivity contribution is 0.134. The molecule has 1 aromatic rings. The summed E-state index contributed by atoms with van der Waals surface area (Å²) in [5.41, 5.74) is 6.56. The molecule has 0 saturated heterocycles. The summed E-state index contributed by atoms with van der Waals surface area (Å²) in [7, 11) is -3.63. The van der Waals surface area contributed by atoms with Gasteiger partial charge in [0.05, 0.1) is 21.7 Å². The standard InChI is InChI=1S/C13H19ClN2O3S/c1-8-5-10(6-11(15)13(8)14)20(18,19)16-7-9-3-2-4-12(9)17/h5-6,9,12,16-17H,2-4,7,15H2,1H3. The normalized spacial score (nSPS) is 23.1. The zero-order valence-electron chi connectivity index (χ0n) is 11.3. The summed E-state index contributed by atoms with van der Waals surface area (Å²) in [4.78, 5) is 0.101. The molecule has 20 heavy (non-hydrogen) atoms. The van der Waals surface area contributed by atoms with Gasteiger partial charge in [-0.25, -0.2) is 13.1 Å². The van der Waals surface area contributed by atoms with E-state index < -0.39 is 16.1 Å². The van der Waals surface area contributed by atoms with Crippen LogP contribution < -0.4 is 10.5 Å². The van der Waals surface area contributed by atoms with E-state index in [1.54, 1.807) is 6.92 Å². The van der Waals surface area contributed by atoms with E-state index in [2.05, 4.69) is 4.72 Å². The first-order valence-corrected chi connectivity index (χ1v) is 8.40. The van der Waals surface area contributed by atoms with E-state index in [-0.39, 0.29) is 23.0 Å². The highest BCUT2D eigenvalue weighted by Gasteiger charge is 2.27. The van der Waals surface area contributed by atoms with Crippen molar-refractivity contribution in [3.63, 3.8) is 0 Å². The lowest BCUT2D eigenvalue weighted by Crippen LogP contribution is -2.32. The fourth-order valence-corrected chi connectivity index (χ4v) is 3.80. The van der Waals surface area contributed by atoms with Crippen LogP contribution in [-0.2, 0) is 10.0 Å². The molecule has 7 heteroatoms. The first kappa shape index (κ1) is 15.6. The second kappa shape index (κ2) is 5.89. The Morgan fingerprint density at radius 3 is 2.70 bits per heavy atom. The molecule has 4 N–H and O–H groups in total. The predicted molar refractivity (Wildman–Crippen MR) is 79.1 cm³/mol. The molecule has 0 radical (unpaired) electrons. The second-order valence-electron chi connectivity index (χ2n) is 5.25. The molecule has 0 aliphatic heterocycles. The molecular formula is C13H19ClN2O3S. The molecule has 0 bridgehead atoms. The van der Waals surface area contributed by atoms with E-state index in [1.807, 2.05) is 0 Å². The van der Waals surface area contributed by atoms with Gasteiger partial charge in [-0.05, 0) is 43.4 Å². The molecule has 2 atom stereocenters. The average Bonchev–Trinajstić information content (AvgIpc) is 2.78. The first-order valence-electron chi connectivity index (χ1n) is 6.54. The van der Waals surface area contributed by atoms with Crippen LogP contribution in [0.25, 0.3) is 0 Å². The molecule has 1 aliphatic rings. The molecule has 0 heterocycles. The number of sulfonamides is 1. The molecule has 1 aromatic carbocycles. The number of halogens is 1. The summed E-state index contributed by atoms with van der Waals surface area (Å²) in [6.07, 6.45) is 2.08. The van der Waals surface area contributed by atoms with Gasteiger partial charge in [0.2, 0.25) is 10.0 Å². The SMILES string of the molecule is Cc1cc(S(=O)(=O)NCC2CCCC2O)cc(N)c1Cl. The summed E-state index contributed by atoms with van der Waals surface area (Å²) in [6.45, 7) is 1.95. The highest BCUT2D eigenvalue weighted by Crippen LogP contribution is 2.28. The van der Waals surface area contributed by atoms with Crippen LogP contribution in [0.2, 0.25) is 5.02 Å². The smallest absolute Gasteiger partial charge is 0.240 e. The third-order valence-electron chi connectivity index (χ3n) is 3.72. The van der Waals surface area contributed by atoms with Gasteiger partial charge in [-0.1, -0.05) is 18.0 Å². The number of hydrogen-bond donors (Lipinski definition) is 3. The number of nitrogens with one attached hydrogen (secondary N) is 1. The lowest BCUT2D eigenvalue weighted by atomic mass is 10.1. The predicted octanol–water partition coefficient (Wildman–Crippen LogP) is 1.67. The van der Waals surface area contributed by atoms with Gasteiger partial charge in [0.15, 0.2) is 0 Å². The summed E-state index contributed by atoms with van der Waals surface area (Å²) < 4.78 is 27.0. The number of nitrogens with two attached hydrogens (primary N) is 1. The molecule has 0 aromatic heterocycles. The Morgan fingerprint density at radius 2 is 2.15 bits per heavy atom. The molecule has 5 nitrogen and oxygen atoms in total. The van der Waals surface area contributed by atoms with Crippen molar-refractivity contribution in [3.05, 3.63) is 22.7 Å². The second-order valence-corrected chi connectivity index (χ2v) is 7.40. The maximum absolute atomic E-state index is 12.2. The summed E-state index contributed by atoms with van der Waals surface area (Å²) in [5, 5.41) is 10.1. The minimum absolute atomic E-state index is 0.0180. The maximum atomic E-state index is 12.2. The molecule has 0 amide bonds. The van der Waals surface area contributed by atoms with Crippen LogP contribution in [0.3, 0.4) is 0 Å². The molecule has 2 rings (SSSR count). The van der Waals surface area contributed by atoms with Crippen LogP contribution in [0.1, 0.15) is 24.8 Å². The van der Waals surface area contributed by atoms with Gasteiger partial charge in [-0.3, -0.25) is 0 Å². The zero-order chi connectivity index (χ0) is 14.9. The largest absolute Gasteiger partial charge is 0.397 e. The van der Waals surface area contributed by atoms with Gasteiger partial charge < -0.3 is 10.8 Å². The van der Waals surface area contributed by atoms with E-state index in [4.69, 9.17) is 17.3 Å². The number of anilines is 1. The van der Waals surface area contributed by atoms with Gasteiger partial charge in [-0.2, -0.15) is 0 Å². The number of hydrogen-bond acceptors (Lipinski definition) is 4. The van der Waals surface area contributed by atoms with Gasteiger partial charge in [0.25, 0.3) is 0 Å². The Labute approximate surface area is 124 Å². The van der Waals surface area contributed by atoms with Gasteiger partial charge in [0.1, 0.15) is 0 Å². The third kappa shape index (κ3) is 3.25. The summed E-state index contributed by atoms with van der Waals surface area (Å²) in [6, 6.07) is 2.84. The fourth-order valence-electron chi connectivity index (χ4n) is 2.47. The van der Waals surface area contributed by atoms with Crippen LogP contribution in [0.15, 0.2) is 17.0 Å². The maximum Gasteiger partial charge on any atom is 0.240 e.